The number of hydrogen-bond donors (Lipinski definition) is 3. The van der Waals surface area contributed by atoms with E-state index in [1.54, 1.807) is 14.2 Å². The van der Waals surface area contributed by atoms with Gasteiger partial charge in [0.2, 0.25) is 0 Å². The van der Waals surface area contributed by atoms with E-state index in [4.69, 9.17) is 14.2 Å². The van der Waals surface area contributed by atoms with Crippen LogP contribution in [-0.4, -0.2) is 65.2 Å². The first-order valence-electron chi connectivity index (χ1n) is 11.5. The average molecular weight is 434 g/mol. The summed E-state index contributed by atoms with van der Waals surface area (Å²) in [5.74, 6) is 2.34. The lowest BCUT2D eigenvalue weighted by molar-refractivity contribution is 0.127. The lowest BCUT2D eigenvalue weighted by Crippen LogP contribution is -2.49. The predicted octanol–water partition coefficient (Wildman–Crippen LogP) is 2.86. The molecule has 1 heterocycles. The molecular weight excluding hydrogens is 394 g/mol. The number of aliphatic imine (C=N–C) groups is 1. The molecule has 2 aliphatic rings. The maximum absolute atomic E-state index is 9.48. The fraction of sp³-hybridized carbons (Fsp3) is 0.708. The van der Waals surface area contributed by atoms with Crippen molar-refractivity contribution in [1.29, 1.82) is 0 Å². The number of benzene rings is 1. The Bertz CT molecular complexity index is 726. The van der Waals surface area contributed by atoms with E-state index >= 15 is 0 Å². The summed E-state index contributed by atoms with van der Waals surface area (Å²) in [6.07, 6.45) is 7.70. The van der Waals surface area contributed by atoms with E-state index in [-0.39, 0.29) is 17.4 Å². The number of nitrogens with zero attached hydrogens (tertiary/aromatic N) is 1. The lowest BCUT2D eigenvalue weighted by Gasteiger charge is -2.39. The first-order valence-corrected chi connectivity index (χ1v) is 11.5. The molecule has 7 nitrogen and oxygen atoms in total. The van der Waals surface area contributed by atoms with E-state index < -0.39 is 0 Å². The summed E-state index contributed by atoms with van der Waals surface area (Å²) >= 11 is 0. The number of nitrogens with one attached hydrogen (secondary N) is 2. The first kappa shape index (κ1) is 23.7. The van der Waals surface area contributed by atoms with Gasteiger partial charge in [-0.25, -0.2) is 0 Å². The van der Waals surface area contributed by atoms with Gasteiger partial charge in [0.05, 0.1) is 20.8 Å². The van der Waals surface area contributed by atoms with Gasteiger partial charge in [-0.1, -0.05) is 25.3 Å². The molecule has 0 bridgehead atoms. The van der Waals surface area contributed by atoms with Crippen LogP contribution in [-0.2, 0) is 10.2 Å². The minimum Gasteiger partial charge on any atom is -0.493 e. The molecule has 0 radical (unpaired) electrons. The van der Waals surface area contributed by atoms with Crippen molar-refractivity contribution in [3.8, 4) is 11.5 Å². The van der Waals surface area contributed by atoms with Crippen LogP contribution in [0.25, 0.3) is 0 Å². The Morgan fingerprint density at radius 2 is 1.81 bits per heavy atom. The molecule has 1 aromatic rings. The van der Waals surface area contributed by atoms with Gasteiger partial charge in [-0.3, -0.25) is 4.99 Å². The van der Waals surface area contributed by atoms with Crippen molar-refractivity contribution in [2.24, 2.45) is 10.4 Å². The maximum atomic E-state index is 9.48. The number of rotatable bonds is 9. The highest BCUT2D eigenvalue weighted by Gasteiger charge is 2.36. The van der Waals surface area contributed by atoms with Gasteiger partial charge in [-0.2, -0.15) is 0 Å². The van der Waals surface area contributed by atoms with E-state index in [1.165, 1.54) is 24.8 Å². The lowest BCUT2D eigenvalue weighted by atomic mass is 9.69. The fourth-order valence-electron chi connectivity index (χ4n) is 5.02. The summed E-state index contributed by atoms with van der Waals surface area (Å²) in [5, 5.41) is 16.6. The van der Waals surface area contributed by atoms with E-state index in [0.29, 0.717) is 6.61 Å². The number of methoxy groups -OCH3 is 2. The van der Waals surface area contributed by atoms with Gasteiger partial charge in [-0.15, -0.1) is 0 Å². The topological polar surface area (TPSA) is 84.3 Å². The zero-order chi connectivity index (χ0) is 22.2. The molecule has 1 saturated heterocycles. The van der Waals surface area contributed by atoms with Crippen LogP contribution in [0.1, 0.15) is 50.5 Å². The van der Waals surface area contributed by atoms with Crippen molar-refractivity contribution >= 4 is 5.96 Å². The van der Waals surface area contributed by atoms with Crippen LogP contribution in [0.3, 0.4) is 0 Å². The van der Waals surface area contributed by atoms with E-state index in [0.717, 1.165) is 62.8 Å². The number of ether oxygens (including phenoxy) is 3. The van der Waals surface area contributed by atoms with Gasteiger partial charge in [0, 0.05) is 44.2 Å². The molecule has 2 fully saturated rings. The smallest absolute Gasteiger partial charge is 0.191 e. The summed E-state index contributed by atoms with van der Waals surface area (Å²) in [7, 11) is 5.17. The van der Waals surface area contributed by atoms with Crippen molar-refractivity contribution in [2.45, 2.75) is 50.4 Å². The van der Waals surface area contributed by atoms with Crippen molar-refractivity contribution in [3.05, 3.63) is 23.8 Å². The van der Waals surface area contributed by atoms with Crippen molar-refractivity contribution in [2.75, 3.05) is 54.2 Å². The van der Waals surface area contributed by atoms with Crippen LogP contribution in [0.4, 0.5) is 0 Å². The van der Waals surface area contributed by atoms with Crippen molar-refractivity contribution in [1.82, 2.24) is 10.6 Å². The summed E-state index contributed by atoms with van der Waals surface area (Å²) in [6.45, 7) is 3.19. The average Bonchev–Trinajstić information content (AvgIpc) is 3.28. The molecule has 1 saturated carbocycles. The second-order valence-corrected chi connectivity index (χ2v) is 8.97. The molecule has 7 heteroatoms. The van der Waals surface area contributed by atoms with Crippen LogP contribution in [0.5, 0.6) is 11.5 Å². The Morgan fingerprint density at radius 1 is 1.06 bits per heavy atom. The van der Waals surface area contributed by atoms with Crippen LogP contribution >= 0.6 is 0 Å². The third kappa shape index (κ3) is 5.63. The summed E-state index contributed by atoms with van der Waals surface area (Å²) in [5.41, 5.74) is 1.31. The Labute approximate surface area is 186 Å². The van der Waals surface area contributed by atoms with E-state index in [2.05, 4.69) is 27.8 Å². The molecule has 1 atom stereocenters. The highest BCUT2D eigenvalue weighted by molar-refractivity contribution is 5.79. The van der Waals surface area contributed by atoms with Gasteiger partial charge in [0.15, 0.2) is 17.5 Å². The zero-order valence-electron chi connectivity index (χ0n) is 19.3. The highest BCUT2D eigenvalue weighted by atomic mass is 16.5. The fourth-order valence-corrected chi connectivity index (χ4v) is 5.02. The summed E-state index contributed by atoms with van der Waals surface area (Å²) in [6, 6.07) is 6.32. The Balaban J connectivity index is 1.70. The van der Waals surface area contributed by atoms with Crippen LogP contribution < -0.4 is 20.1 Å². The quantitative estimate of drug-likeness (QED) is 0.410. The van der Waals surface area contributed by atoms with Crippen molar-refractivity contribution in [3.63, 3.8) is 0 Å². The normalized spacial score (nSPS) is 23.4. The molecule has 1 unspecified atom stereocenters. The van der Waals surface area contributed by atoms with Gasteiger partial charge < -0.3 is 30.0 Å². The van der Waals surface area contributed by atoms with Crippen LogP contribution in [0.15, 0.2) is 23.2 Å². The van der Waals surface area contributed by atoms with Gasteiger partial charge in [0.25, 0.3) is 0 Å². The third-order valence-corrected chi connectivity index (χ3v) is 7.08. The van der Waals surface area contributed by atoms with E-state index in [1.807, 2.05) is 13.1 Å². The molecule has 0 spiro atoms. The minimum atomic E-state index is -0.0156. The van der Waals surface area contributed by atoms with Gasteiger partial charge >= 0.3 is 0 Å². The Hall–Kier alpha value is -1.99. The summed E-state index contributed by atoms with van der Waals surface area (Å²) < 4.78 is 16.6. The maximum Gasteiger partial charge on any atom is 0.191 e. The zero-order valence-corrected chi connectivity index (χ0v) is 19.3. The second kappa shape index (κ2) is 11.0. The first-order chi connectivity index (χ1) is 15.1. The van der Waals surface area contributed by atoms with Gasteiger partial charge in [0.1, 0.15) is 0 Å². The summed E-state index contributed by atoms with van der Waals surface area (Å²) in [4.78, 5) is 4.46. The molecule has 3 N–H and O–H groups in total. The minimum absolute atomic E-state index is 0.0156. The Kier molecular flexibility index (Phi) is 8.43. The molecule has 1 aromatic carbocycles. The number of aliphatic hydroxyl groups excluding tert-OH is 1. The molecular formula is C24H39N3O4. The third-order valence-electron chi connectivity index (χ3n) is 7.08. The number of hydrogen-bond acceptors (Lipinski definition) is 5. The SMILES string of the molecule is CN=C(NCC1(CCO)CCOC1)NCC1(c2ccc(OC)c(OC)c2)CCCCC1. The van der Waals surface area contributed by atoms with Crippen molar-refractivity contribution < 1.29 is 19.3 Å². The van der Waals surface area contributed by atoms with E-state index in [9.17, 15) is 5.11 Å². The Morgan fingerprint density at radius 3 is 2.42 bits per heavy atom. The second-order valence-electron chi connectivity index (χ2n) is 8.97. The largest absolute Gasteiger partial charge is 0.493 e. The predicted molar refractivity (Wildman–Crippen MR) is 123 cm³/mol. The molecule has 3 rings (SSSR count). The molecule has 1 aliphatic carbocycles. The standard InChI is InChI=1S/C24H39N3O4/c1-25-22(26-16-23(11-13-28)12-14-31-18-23)27-17-24(9-5-4-6-10-24)19-7-8-20(29-2)21(15-19)30-3/h7-8,15,28H,4-6,9-14,16-18H2,1-3H3,(H2,25,26,27). The van der Waals surface area contributed by atoms with Crippen LogP contribution in [0.2, 0.25) is 0 Å². The molecule has 31 heavy (non-hydrogen) atoms. The van der Waals surface area contributed by atoms with Gasteiger partial charge in [-0.05, 0) is 43.4 Å². The highest BCUT2D eigenvalue weighted by Crippen LogP contribution is 2.42. The monoisotopic (exact) mass is 433 g/mol. The molecule has 174 valence electrons. The molecule has 0 aromatic heterocycles. The molecule has 0 amide bonds. The number of guanidine groups is 1. The van der Waals surface area contributed by atoms with Crippen LogP contribution in [0, 0.1) is 5.41 Å². The molecule has 1 aliphatic heterocycles. The number of aliphatic hydroxyl groups is 1.